The maximum absolute atomic E-state index is 10.3. The Morgan fingerprint density at radius 3 is 2.19 bits per heavy atom. The quantitative estimate of drug-likeness (QED) is 0.162. The van der Waals surface area contributed by atoms with Crippen LogP contribution in [0.25, 0.3) is 33.4 Å². The largest absolute Gasteiger partial charge is 0.497 e. The zero-order valence-corrected chi connectivity index (χ0v) is 24.9. The van der Waals surface area contributed by atoms with E-state index >= 15 is 0 Å². The number of aliphatic imine (C=N–C) groups is 1. The molecule has 6 nitrogen and oxygen atoms in total. The minimum Gasteiger partial charge on any atom is -0.497 e. The lowest BCUT2D eigenvalue weighted by Crippen LogP contribution is -1.97. The number of nitrogens with zero attached hydrogens (tertiary/aromatic N) is 3. The van der Waals surface area contributed by atoms with Gasteiger partial charge in [-0.3, -0.25) is 0 Å². The summed E-state index contributed by atoms with van der Waals surface area (Å²) in [5.41, 5.74) is 5.54. The van der Waals surface area contributed by atoms with Gasteiger partial charge in [0.05, 0.1) is 24.3 Å². The Morgan fingerprint density at radius 1 is 0.860 bits per heavy atom. The van der Waals surface area contributed by atoms with Crippen LogP contribution in [-0.2, 0) is 6.54 Å². The minimum atomic E-state index is 0.223. The molecular formula is C35H25Cl2N3O3. The van der Waals surface area contributed by atoms with Crippen molar-refractivity contribution < 1.29 is 13.9 Å². The average molecular weight is 607 g/mol. The first-order valence-electron chi connectivity index (χ1n) is 13.4. The number of rotatable bonds is 8. The second kappa shape index (κ2) is 12.1. The van der Waals surface area contributed by atoms with Crippen molar-refractivity contribution in [1.82, 2.24) is 4.57 Å². The number of hydrogen-bond donors (Lipinski definition) is 0. The van der Waals surface area contributed by atoms with Crippen molar-refractivity contribution in [3.63, 3.8) is 0 Å². The third kappa shape index (κ3) is 5.61. The van der Waals surface area contributed by atoms with Crippen LogP contribution in [0.4, 0.5) is 5.88 Å². The van der Waals surface area contributed by atoms with Gasteiger partial charge in [0.25, 0.3) is 0 Å². The summed E-state index contributed by atoms with van der Waals surface area (Å²) in [7, 11) is 3.23. The molecular weight excluding hydrogens is 581 g/mol. The molecule has 43 heavy (non-hydrogen) atoms. The Kier molecular flexibility index (Phi) is 7.93. The fraction of sp³-hybridized carbons (Fsp3) is 0.0857. The minimum absolute atomic E-state index is 0.223. The second-order valence-corrected chi connectivity index (χ2v) is 10.6. The van der Waals surface area contributed by atoms with E-state index < -0.39 is 0 Å². The Labute approximate surface area is 259 Å². The normalized spacial score (nSPS) is 11.2. The summed E-state index contributed by atoms with van der Waals surface area (Å²) in [5.74, 6) is 2.20. The number of aromatic nitrogens is 1. The lowest BCUT2D eigenvalue weighted by Gasteiger charge is -2.06. The molecule has 0 saturated carbocycles. The predicted molar refractivity (Wildman–Crippen MR) is 172 cm³/mol. The van der Waals surface area contributed by atoms with E-state index in [1.165, 1.54) is 0 Å². The fourth-order valence-corrected chi connectivity index (χ4v) is 5.39. The van der Waals surface area contributed by atoms with Crippen LogP contribution >= 0.6 is 23.2 Å². The molecule has 0 radical (unpaired) electrons. The van der Waals surface area contributed by atoms with Crippen LogP contribution in [0.5, 0.6) is 11.5 Å². The van der Waals surface area contributed by atoms with E-state index in [4.69, 9.17) is 42.1 Å². The number of hydrogen-bond acceptors (Lipinski definition) is 5. The second-order valence-electron chi connectivity index (χ2n) is 9.79. The van der Waals surface area contributed by atoms with Gasteiger partial charge in [0.15, 0.2) is 0 Å². The van der Waals surface area contributed by atoms with Crippen LogP contribution in [0, 0.1) is 11.3 Å². The smallest absolute Gasteiger partial charge is 0.238 e. The molecule has 0 aliphatic heterocycles. The van der Waals surface area contributed by atoms with E-state index in [-0.39, 0.29) is 5.88 Å². The monoisotopic (exact) mass is 605 g/mol. The lowest BCUT2D eigenvalue weighted by atomic mass is 9.98. The Bertz CT molecular complexity index is 2000. The summed E-state index contributed by atoms with van der Waals surface area (Å²) >= 11 is 12.4. The summed E-state index contributed by atoms with van der Waals surface area (Å²) in [4.78, 5) is 4.73. The van der Waals surface area contributed by atoms with Crippen molar-refractivity contribution in [1.29, 1.82) is 5.26 Å². The van der Waals surface area contributed by atoms with E-state index in [1.54, 1.807) is 26.5 Å². The standard InChI is InChI=1S/C35H25Cl2N3O3/c1-41-26-12-8-23(9-13-26)33-29(18-38)35(43-34(33)24-10-14-27(42-2)15-11-24)39-19-25-21-40(32-6-4-3-5-28(25)32)20-22-7-16-30(36)31(37)17-22/h3-17,19,21H,20H2,1-2H3. The highest BCUT2D eigenvalue weighted by atomic mass is 35.5. The van der Waals surface area contributed by atoms with Crippen LogP contribution in [-0.4, -0.2) is 25.0 Å². The summed E-state index contributed by atoms with van der Waals surface area (Å²) < 4.78 is 19.1. The van der Waals surface area contributed by atoms with Gasteiger partial charge in [-0.15, -0.1) is 0 Å². The third-order valence-electron chi connectivity index (χ3n) is 7.21. The molecule has 0 aliphatic carbocycles. The first-order chi connectivity index (χ1) is 21.0. The van der Waals surface area contributed by atoms with Crippen molar-refractivity contribution in [3.8, 4) is 40.0 Å². The van der Waals surface area contributed by atoms with Gasteiger partial charge in [-0.05, 0) is 65.7 Å². The van der Waals surface area contributed by atoms with Gasteiger partial charge in [0.2, 0.25) is 5.88 Å². The molecule has 8 heteroatoms. The molecule has 2 heterocycles. The molecule has 0 fully saturated rings. The number of methoxy groups -OCH3 is 2. The van der Waals surface area contributed by atoms with Gasteiger partial charge >= 0.3 is 0 Å². The summed E-state index contributed by atoms with van der Waals surface area (Å²) in [6.07, 6.45) is 3.77. The third-order valence-corrected chi connectivity index (χ3v) is 7.95. The molecule has 6 rings (SSSR count). The van der Waals surface area contributed by atoms with Crippen molar-refractivity contribution in [2.45, 2.75) is 6.54 Å². The van der Waals surface area contributed by atoms with Crippen molar-refractivity contribution >= 4 is 46.2 Å². The maximum atomic E-state index is 10.3. The number of benzene rings is 4. The summed E-state index contributed by atoms with van der Waals surface area (Å²) in [5, 5.41) is 12.4. The highest BCUT2D eigenvalue weighted by Gasteiger charge is 2.23. The van der Waals surface area contributed by atoms with Gasteiger partial charge in [-0.25, -0.2) is 4.99 Å². The van der Waals surface area contributed by atoms with E-state index in [9.17, 15) is 5.26 Å². The number of fused-ring (bicyclic) bond motifs is 1. The molecule has 0 unspecified atom stereocenters. The molecule has 0 aliphatic rings. The predicted octanol–water partition coefficient (Wildman–Crippen LogP) is 9.56. The number of para-hydroxylation sites is 1. The molecule has 0 saturated heterocycles. The highest BCUT2D eigenvalue weighted by Crippen LogP contribution is 2.43. The van der Waals surface area contributed by atoms with Crippen LogP contribution < -0.4 is 9.47 Å². The molecule has 0 atom stereocenters. The molecule has 0 bridgehead atoms. The Morgan fingerprint density at radius 2 is 1.53 bits per heavy atom. The zero-order valence-electron chi connectivity index (χ0n) is 23.3. The first-order valence-corrected chi connectivity index (χ1v) is 14.2. The van der Waals surface area contributed by atoms with Crippen molar-refractivity contribution in [3.05, 3.63) is 124 Å². The SMILES string of the molecule is COc1ccc(-c2oc(N=Cc3cn(Cc4ccc(Cl)c(Cl)c4)c4ccccc34)c(C#N)c2-c2ccc(OC)cc2)cc1. The molecule has 0 amide bonds. The van der Waals surface area contributed by atoms with Crippen LogP contribution in [0.1, 0.15) is 16.7 Å². The van der Waals surface area contributed by atoms with Crippen LogP contribution in [0.15, 0.2) is 107 Å². The van der Waals surface area contributed by atoms with Gasteiger partial charge in [-0.2, -0.15) is 5.26 Å². The molecule has 2 aromatic heterocycles. The number of ether oxygens (including phenoxy) is 2. The lowest BCUT2D eigenvalue weighted by molar-refractivity contribution is 0.414. The Balaban J connectivity index is 1.44. The van der Waals surface area contributed by atoms with E-state index in [0.717, 1.165) is 38.9 Å². The van der Waals surface area contributed by atoms with Gasteiger partial charge < -0.3 is 18.5 Å². The van der Waals surface area contributed by atoms with Crippen LogP contribution in [0.2, 0.25) is 10.0 Å². The summed E-state index contributed by atoms with van der Waals surface area (Å²) in [6, 6.07) is 31.1. The zero-order chi connectivity index (χ0) is 29.9. The highest BCUT2D eigenvalue weighted by molar-refractivity contribution is 6.42. The summed E-state index contributed by atoms with van der Waals surface area (Å²) in [6.45, 7) is 0.596. The van der Waals surface area contributed by atoms with Gasteiger partial charge in [-0.1, -0.05) is 59.6 Å². The Hall–Kier alpha value is -4.96. The van der Waals surface area contributed by atoms with E-state index in [1.807, 2.05) is 85.1 Å². The molecule has 0 spiro atoms. The molecule has 6 aromatic rings. The molecule has 212 valence electrons. The van der Waals surface area contributed by atoms with Crippen LogP contribution in [0.3, 0.4) is 0 Å². The average Bonchev–Trinajstić information content (AvgIpc) is 3.59. The fourth-order valence-electron chi connectivity index (χ4n) is 5.06. The van der Waals surface area contributed by atoms with Crippen molar-refractivity contribution in [2.24, 2.45) is 4.99 Å². The van der Waals surface area contributed by atoms with E-state index in [2.05, 4.69) is 16.7 Å². The van der Waals surface area contributed by atoms with Gasteiger partial charge in [0, 0.05) is 46.5 Å². The first kappa shape index (κ1) is 28.2. The van der Waals surface area contributed by atoms with Gasteiger partial charge in [0.1, 0.15) is 28.9 Å². The number of nitriles is 1. The van der Waals surface area contributed by atoms with E-state index in [0.29, 0.717) is 39.2 Å². The number of halogens is 2. The maximum Gasteiger partial charge on any atom is 0.238 e. The van der Waals surface area contributed by atoms with Crippen molar-refractivity contribution in [2.75, 3.05) is 14.2 Å². The topological polar surface area (TPSA) is 72.7 Å². The number of furan rings is 1. The molecule has 0 N–H and O–H groups in total. The molecule has 4 aromatic carbocycles.